The van der Waals surface area contributed by atoms with E-state index in [4.69, 9.17) is 0 Å². The average Bonchev–Trinajstić information content (AvgIpc) is 2.38. The summed E-state index contributed by atoms with van der Waals surface area (Å²) in [4.78, 5) is 13.5. The number of thioether (sulfide) groups is 2. The summed E-state index contributed by atoms with van der Waals surface area (Å²) >= 11 is 3.47. The molecule has 0 atom stereocenters. The quantitative estimate of drug-likeness (QED) is 0.594. The Kier molecular flexibility index (Phi) is 8.27. The molecular weight excluding hydrogens is 300 g/mol. The molecule has 0 saturated heterocycles. The van der Waals surface area contributed by atoms with E-state index in [0.717, 1.165) is 34.1 Å². The van der Waals surface area contributed by atoms with Gasteiger partial charge in [0.25, 0.3) is 0 Å². The third-order valence-corrected chi connectivity index (χ3v) is 5.49. The van der Waals surface area contributed by atoms with Gasteiger partial charge in [0.1, 0.15) is 0 Å². The van der Waals surface area contributed by atoms with E-state index in [2.05, 4.69) is 33.8 Å². The normalized spacial score (nSPS) is 11.3. The van der Waals surface area contributed by atoms with E-state index in [1.165, 1.54) is 0 Å². The molecule has 118 valence electrons. The number of aromatic carboxylic acids is 1. The molecule has 2 nitrogen and oxygen atoms in total. The monoisotopic (exact) mass is 326 g/mol. The zero-order chi connectivity index (χ0) is 15.8. The summed E-state index contributed by atoms with van der Waals surface area (Å²) in [5.41, 5.74) is 0.443. The highest BCUT2D eigenvalue weighted by molar-refractivity contribution is 8.02. The Morgan fingerprint density at radius 1 is 1.05 bits per heavy atom. The SMILES string of the molecule is CC(C)CCSc1cccc(C(=O)O)c1SCCC(C)C. The maximum Gasteiger partial charge on any atom is 0.336 e. The molecule has 0 fully saturated rings. The molecule has 1 rings (SSSR count). The van der Waals surface area contributed by atoms with Crippen LogP contribution in [0.25, 0.3) is 0 Å². The fourth-order valence-electron chi connectivity index (χ4n) is 1.75. The highest BCUT2D eigenvalue weighted by Crippen LogP contribution is 2.35. The van der Waals surface area contributed by atoms with Crippen molar-refractivity contribution in [2.24, 2.45) is 11.8 Å². The van der Waals surface area contributed by atoms with Gasteiger partial charge >= 0.3 is 5.97 Å². The first-order valence-corrected chi connectivity index (χ1v) is 9.50. The topological polar surface area (TPSA) is 37.3 Å². The molecular formula is C17H26O2S2. The van der Waals surface area contributed by atoms with Crippen LogP contribution in [0.1, 0.15) is 50.9 Å². The lowest BCUT2D eigenvalue weighted by molar-refractivity contribution is 0.0692. The molecule has 1 N–H and O–H groups in total. The lowest BCUT2D eigenvalue weighted by Gasteiger charge is -2.13. The third-order valence-electron chi connectivity index (χ3n) is 3.10. The van der Waals surface area contributed by atoms with E-state index in [-0.39, 0.29) is 0 Å². The molecule has 4 heteroatoms. The molecule has 0 radical (unpaired) electrons. The number of carbonyl (C=O) groups is 1. The van der Waals surface area contributed by atoms with Crippen molar-refractivity contribution in [3.05, 3.63) is 23.8 Å². The Balaban J connectivity index is 2.84. The second-order valence-corrected chi connectivity index (χ2v) is 8.24. The van der Waals surface area contributed by atoms with Crippen molar-refractivity contribution in [1.29, 1.82) is 0 Å². The van der Waals surface area contributed by atoms with Crippen LogP contribution in [0.3, 0.4) is 0 Å². The molecule has 1 aromatic carbocycles. The van der Waals surface area contributed by atoms with Crippen molar-refractivity contribution in [2.45, 2.75) is 50.3 Å². The van der Waals surface area contributed by atoms with E-state index >= 15 is 0 Å². The minimum atomic E-state index is -0.826. The molecule has 0 saturated carbocycles. The van der Waals surface area contributed by atoms with Crippen LogP contribution in [0.2, 0.25) is 0 Å². The third kappa shape index (κ3) is 6.79. The van der Waals surface area contributed by atoms with Crippen molar-refractivity contribution in [2.75, 3.05) is 11.5 Å². The Bertz CT molecular complexity index is 456. The van der Waals surface area contributed by atoms with Gasteiger partial charge in [-0.3, -0.25) is 0 Å². The van der Waals surface area contributed by atoms with Gasteiger partial charge in [0.15, 0.2) is 0 Å². The van der Waals surface area contributed by atoms with E-state index in [0.29, 0.717) is 17.4 Å². The van der Waals surface area contributed by atoms with Gasteiger partial charge in [-0.1, -0.05) is 33.8 Å². The molecule has 0 aliphatic carbocycles. The van der Waals surface area contributed by atoms with Crippen LogP contribution < -0.4 is 0 Å². The first kappa shape index (κ1) is 18.4. The minimum Gasteiger partial charge on any atom is -0.478 e. The average molecular weight is 327 g/mol. The molecule has 0 bridgehead atoms. The molecule has 21 heavy (non-hydrogen) atoms. The second kappa shape index (κ2) is 9.42. The molecule has 0 amide bonds. The fourth-order valence-corrected chi connectivity index (χ4v) is 4.64. The lowest BCUT2D eigenvalue weighted by atomic mass is 10.2. The van der Waals surface area contributed by atoms with E-state index < -0.39 is 5.97 Å². The molecule has 0 aliphatic rings. The number of carboxylic acid groups (broad SMARTS) is 1. The molecule has 0 aliphatic heterocycles. The standard InChI is InChI=1S/C17H26O2S2/c1-12(2)8-10-20-15-7-5-6-14(17(18)19)16(15)21-11-9-13(3)4/h5-7,12-13H,8-11H2,1-4H3,(H,18,19). The maximum atomic E-state index is 11.4. The van der Waals surface area contributed by atoms with Gasteiger partial charge in [0.2, 0.25) is 0 Å². The summed E-state index contributed by atoms with van der Waals surface area (Å²) in [6.45, 7) is 8.82. The van der Waals surface area contributed by atoms with Crippen LogP contribution in [0.5, 0.6) is 0 Å². The van der Waals surface area contributed by atoms with Gasteiger partial charge in [0, 0.05) is 9.79 Å². The molecule has 1 aromatic rings. The smallest absolute Gasteiger partial charge is 0.336 e. The van der Waals surface area contributed by atoms with Gasteiger partial charge in [-0.15, -0.1) is 23.5 Å². The highest BCUT2D eigenvalue weighted by atomic mass is 32.2. The van der Waals surface area contributed by atoms with Crippen molar-refractivity contribution in [3.63, 3.8) is 0 Å². The Hall–Kier alpha value is -0.610. The molecule has 0 heterocycles. The van der Waals surface area contributed by atoms with Crippen LogP contribution in [0.4, 0.5) is 0 Å². The van der Waals surface area contributed by atoms with Gasteiger partial charge in [-0.05, 0) is 48.3 Å². The minimum absolute atomic E-state index is 0.443. The van der Waals surface area contributed by atoms with Crippen molar-refractivity contribution in [1.82, 2.24) is 0 Å². The maximum absolute atomic E-state index is 11.4. The highest BCUT2D eigenvalue weighted by Gasteiger charge is 2.15. The summed E-state index contributed by atoms with van der Waals surface area (Å²) in [6.07, 6.45) is 2.26. The summed E-state index contributed by atoms with van der Waals surface area (Å²) in [7, 11) is 0. The number of carboxylic acids is 1. The van der Waals surface area contributed by atoms with Crippen LogP contribution in [-0.2, 0) is 0 Å². The van der Waals surface area contributed by atoms with Gasteiger partial charge in [0.05, 0.1) is 5.56 Å². The van der Waals surface area contributed by atoms with Crippen LogP contribution in [0.15, 0.2) is 28.0 Å². The predicted molar refractivity (Wildman–Crippen MR) is 93.8 cm³/mol. The van der Waals surface area contributed by atoms with E-state index in [9.17, 15) is 9.90 Å². The second-order valence-electron chi connectivity index (χ2n) is 6.00. The largest absolute Gasteiger partial charge is 0.478 e. The van der Waals surface area contributed by atoms with Crippen LogP contribution >= 0.6 is 23.5 Å². The van der Waals surface area contributed by atoms with Crippen molar-refractivity contribution >= 4 is 29.5 Å². The first-order chi connectivity index (χ1) is 9.91. The van der Waals surface area contributed by atoms with Crippen molar-refractivity contribution < 1.29 is 9.90 Å². The Labute approximate surface area is 137 Å². The number of benzene rings is 1. The van der Waals surface area contributed by atoms with Gasteiger partial charge in [-0.25, -0.2) is 4.79 Å². The number of hydrogen-bond acceptors (Lipinski definition) is 3. The summed E-state index contributed by atoms with van der Waals surface area (Å²) < 4.78 is 0. The predicted octanol–water partition coefficient (Wildman–Crippen LogP) is 5.66. The zero-order valence-corrected chi connectivity index (χ0v) is 15.0. The molecule has 0 spiro atoms. The summed E-state index contributed by atoms with van der Waals surface area (Å²) in [6, 6.07) is 5.62. The van der Waals surface area contributed by atoms with E-state index in [1.54, 1.807) is 29.6 Å². The lowest BCUT2D eigenvalue weighted by Crippen LogP contribution is -2.01. The Morgan fingerprint density at radius 3 is 2.14 bits per heavy atom. The van der Waals surface area contributed by atoms with Crippen LogP contribution in [0, 0.1) is 11.8 Å². The first-order valence-electron chi connectivity index (χ1n) is 7.53. The van der Waals surface area contributed by atoms with Crippen molar-refractivity contribution in [3.8, 4) is 0 Å². The number of rotatable bonds is 9. The van der Waals surface area contributed by atoms with E-state index in [1.807, 2.05) is 6.07 Å². The van der Waals surface area contributed by atoms with Gasteiger partial charge < -0.3 is 5.11 Å². The van der Waals surface area contributed by atoms with Crippen LogP contribution in [-0.4, -0.2) is 22.6 Å². The number of hydrogen-bond donors (Lipinski definition) is 1. The summed E-state index contributed by atoms with van der Waals surface area (Å²) in [5.74, 6) is 2.51. The van der Waals surface area contributed by atoms with Gasteiger partial charge in [-0.2, -0.15) is 0 Å². The molecule has 0 aromatic heterocycles. The molecule has 0 unspecified atom stereocenters. The Morgan fingerprint density at radius 2 is 1.62 bits per heavy atom. The fraction of sp³-hybridized carbons (Fsp3) is 0.588. The summed E-state index contributed by atoms with van der Waals surface area (Å²) in [5, 5.41) is 9.39. The zero-order valence-electron chi connectivity index (χ0n) is 13.4.